The molecule has 1 aliphatic rings. The van der Waals surface area contributed by atoms with Crippen molar-refractivity contribution >= 4 is 16.3 Å². The number of hydrogen-bond donors (Lipinski definition) is 1. The second-order valence-electron chi connectivity index (χ2n) is 7.26. The van der Waals surface area contributed by atoms with Gasteiger partial charge in [0.2, 0.25) is 10.8 Å². The summed E-state index contributed by atoms with van der Waals surface area (Å²) in [6.45, 7) is 10.2. The fraction of sp³-hybridized carbons (Fsp3) is 0.500. The van der Waals surface area contributed by atoms with Crippen LogP contribution in [0.4, 0.5) is 0 Å². The molecule has 0 radical (unpaired) electrons. The number of aryl methyl sites for hydroxylation is 1. The monoisotopic (exact) mass is 402 g/mol. The molecule has 1 saturated heterocycles. The fourth-order valence-corrected chi connectivity index (χ4v) is 5.06. The lowest BCUT2D eigenvalue weighted by Crippen LogP contribution is -2.47. The molecule has 0 aliphatic carbocycles. The first-order valence-corrected chi connectivity index (χ1v) is 10.4. The minimum Gasteiger partial charge on any atom is -0.494 e. The van der Waals surface area contributed by atoms with Gasteiger partial charge in [-0.05, 0) is 45.4 Å². The number of aromatic hydroxyl groups is 1. The van der Waals surface area contributed by atoms with Crippen LogP contribution >= 0.6 is 11.3 Å². The van der Waals surface area contributed by atoms with E-state index in [4.69, 9.17) is 9.47 Å². The summed E-state index contributed by atoms with van der Waals surface area (Å²) in [4.78, 5) is 8.35. The lowest BCUT2D eigenvalue weighted by atomic mass is 10.0. The van der Waals surface area contributed by atoms with Gasteiger partial charge in [0.1, 0.15) is 11.6 Å². The van der Waals surface area contributed by atoms with Crippen LogP contribution in [0.2, 0.25) is 0 Å². The van der Waals surface area contributed by atoms with E-state index in [1.54, 1.807) is 0 Å². The van der Waals surface area contributed by atoms with Crippen molar-refractivity contribution in [2.24, 2.45) is 0 Å². The zero-order valence-electron chi connectivity index (χ0n) is 16.6. The Labute approximate surface area is 168 Å². The molecule has 1 aromatic carbocycles. The van der Waals surface area contributed by atoms with Gasteiger partial charge in [0, 0.05) is 13.1 Å². The molecule has 150 valence electrons. The normalized spacial score (nSPS) is 21.9. The molecule has 7 nitrogen and oxygen atoms in total. The number of benzene rings is 1. The van der Waals surface area contributed by atoms with E-state index in [0.717, 1.165) is 29.3 Å². The number of thiazole rings is 1. The molecular weight excluding hydrogens is 376 g/mol. The zero-order chi connectivity index (χ0) is 19.8. The SMILES string of the molecule is CCOc1ccc([C@H](c2sc3nc(C)nn3c2O)N2C[C@@H](C)O[C@H](C)C2)cc1. The molecule has 3 heterocycles. The molecule has 1 fully saturated rings. The second-order valence-corrected chi connectivity index (χ2v) is 8.27. The predicted octanol–water partition coefficient (Wildman–Crippen LogP) is 3.40. The third-order valence-corrected chi connectivity index (χ3v) is 5.95. The Balaban J connectivity index is 1.78. The van der Waals surface area contributed by atoms with E-state index in [-0.39, 0.29) is 24.1 Å². The Morgan fingerprint density at radius 3 is 2.54 bits per heavy atom. The highest BCUT2D eigenvalue weighted by Gasteiger charge is 2.34. The van der Waals surface area contributed by atoms with Gasteiger partial charge in [-0.25, -0.2) is 4.98 Å². The topological polar surface area (TPSA) is 72.1 Å². The molecular formula is C20H26N4O3S. The lowest BCUT2D eigenvalue weighted by molar-refractivity contribution is -0.0764. The van der Waals surface area contributed by atoms with Crippen LogP contribution in [0.25, 0.3) is 4.96 Å². The molecule has 3 atom stereocenters. The lowest BCUT2D eigenvalue weighted by Gasteiger charge is -2.40. The van der Waals surface area contributed by atoms with Gasteiger partial charge in [0.05, 0.1) is 29.7 Å². The summed E-state index contributed by atoms with van der Waals surface area (Å²) < 4.78 is 13.1. The number of nitrogens with zero attached hydrogens (tertiary/aromatic N) is 4. The highest BCUT2D eigenvalue weighted by atomic mass is 32.1. The van der Waals surface area contributed by atoms with Crippen LogP contribution in [0.1, 0.15) is 43.1 Å². The first-order chi connectivity index (χ1) is 13.5. The van der Waals surface area contributed by atoms with Crippen LogP contribution in [0, 0.1) is 6.92 Å². The molecule has 0 saturated carbocycles. The van der Waals surface area contributed by atoms with Crippen LogP contribution in [0.3, 0.4) is 0 Å². The van der Waals surface area contributed by atoms with Gasteiger partial charge < -0.3 is 14.6 Å². The maximum Gasteiger partial charge on any atom is 0.230 e. The molecule has 1 N–H and O–H groups in total. The Bertz CT molecular complexity index is 942. The first kappa shape index (κ1) is 19.2. The molecule has 28 heavy (non-hydrogen) atoms. The van der Waals surface area contributed by atoms with Crippen molar-refractivity contribution in [3.8, 4) is 11.6 Å². The van der Waals surface area contributed by atoms with Crippen LogP contribution in [-0.2, 0) is 4.74 Å². The zero-order valence-corrected chi connectivity index (χ0v) is 17.4. The number of fused-ring (bicyclic) bond motifs is 1. The standard InChI is InChI=1S/C20H26N4O3S/c1-5-26-16-8-6-15(7-9-16)17(23-10-12(2)27-13(3)11-23)18-19(25)24-20(28-18)21-14(4)22-24/h6-9,12-13,17,25H,5,10-11H2,1-4H3/t12-,13-,17-/m1/s1. The van der Waals surface area contributed by atoms with Crippen molar-refractivity contribution < 1.29 is 14.6 Å². The third-order valence-electron chi connectivity index (χ3n) is 4.87. The molecule has 0 unspecified atom stereocenters. The van der Waals surface area contributed by atoms with Gasteiger partial charge in [0.25, 0.3) is 0 Å². The Morgan fingerprint density at radius 1 is 1.25 bits per heavy atom. The second kappa shape index (κ2) is 7.69. The summed E-state index contributed by atoms with van der Waals surface area (Å²) in [6, 6.07) is 8.01. The van der Waals surface area contributed by atoms with Gasteiger partial charge >= 0.3 is 0 Å². The van der Waals surface area contributed by atoms with Crippen molar-refractivity contribution in [1.82, 2.24) is 19.5 Å². The maximum atomic E-state index is 10.9. The summed E-state index contributed by atoms with van der Waals surface area (Å²) >= 11 is 1.48. The number of morpholine rings is 1. The van der Waals surface area contributed by atoms with Gasteiger partial charge in [0.15, 0.2) is 0 Å². The van der Waals surface area contributed by atoms with Crippen LogP contribution in [0.15, 0.2) is 24.3 Å². The van der Waals surface area contributed by atoms with Gasteiger partial charge in [-0.2, -0.15) is 4.52 Å². The summed E-state index contributed by atoms with van der Waals surface area (Å²) in [6.07, 6.45) is 0.251. The van der Waals surface area contributed by atoms with Crippen LogP contribution in [0.5, 0.6) is 11.6 Å². The van der Waals surface area contributed by atoms with Gasteiger partial charge in [-0.1, -0.05) is 23.5 Å². The molecule has 0 bridgehead atoms. The average molecular weight is 403 g/mol. The number of ether oxygens (including phenoxy) is 2. The maximum absolute atomic E-state index is 10.9. The van der Waals surface area contributed by atoms with Crippen molar-refractivity contribution in [2.75, 3.05) is 19.7 Å². The van der Waals surface area contributed by atoms with E-state index < -0.39 is 0 Å². The summed E-state index contributed by atoms with van der Waals surface area (Å²) in [7, 11) is 0. The molecule has 3 aromatic rings. The van der Waals surface area contributed by atoms with Crippen molar-refractivity contribution in [3.05, 3.63) is 40.5 Å². The Hall–Kier alpha value is -2.16. The van der Waals surface area contributed by atoms with Crippen molar-refractivity contribution in [1.29, 1.82) is 0 Å². The Kier molecular flexibility index (Phi) is 5.27. The van der Waals surface area contributed by atoms with E-state index in [1.807, 2.05) is 26.0 Å². The van der Waals surface area contributed by atoms with E-state index in [9.17, 15) is 5.11 Å². The molecule has 0 amide bonds. The van der Waals surface area contributed by atoms with Crippen LogP contribution in [-0.4, -0.2) is 56.5 Å². The smallest absolute Gasteiger partial charge is 0.230 e. The first-order valence-electron chi connectivity index (χ1n) is 9.63. The molecule has 0 spiro atoms. The molecule has 4 rings (SSSR count). The van der Waals surface area contributed by atoms with Crippen molar-refractivity contribution in [3.63, 3.8) is 0 Å². The van der Waals surface area contributed by atoms with Crippen LogP contribution < -0.4 is 4.74 Å². The number of aromatic nitrogens is 3. The summed E-state index contributed by atoms with van der Waals surface area (Å²) in [5.74, 6) is 1.65. The average Bonchev–Trinajstić information content (AvgIpc) is 3.14. The minimum absolute atomic E-state index is 0.0988. The highest BCUT2D eigenvalue weighted by Crippen LogP contribution is 2.41. The van der Waals surface area contributed by atoms with Crippen molar-refractivity contribution in [2.45, 2.75) is 45.9 Å². The quantitative estimate of drug-likeness (QED) is 0.705. The predicted molar refractivity (Wildman–Crippen MR) is 108 cm³/mol. The molecule has 1 aliphatic heterocycles. The highest BCUT2D eigenvalue weighted by molar-refractivity contribution is 7.17. The van der Waals surface area contributed by atoms with E-state index in [0.29, 0.717) is 17.4 Å². The number of rotatable bonds is 5. The minimum atomic E-state index is -0.0988. The van der Waals surface area contributed by atoms with Gasteiger partial charge in [-0.3, -0.25) is 4.90 Å². The molecule has 2 aromatic heterocycles. The third kappa shape index (κ3) is 3.59. The largest absolute Gasteiger partial charge is 0.494 e. The van der Waals surface area contributed by atoms with E-state index in [1.165, 1.54) is 15.9 Å². The fourth-order valence-electron chi connectivity index (χ4n) is 3.90. The molecule has 8 heteroatoms. The van der Waals surface area contributed by atoms with E-state index >= 15 is 0 Å². The van der Waals surface area contributed by atoms with E-state index in [2.05, 4.69) is 41.0 Å². The number of hydrogen-bond acceptors (Lipinski definition) is 7. The summed E-state index contributed by atoms with van der Waals surface area (Å²) in [5, 5.41) is 15.2. The van der Waals surface area contributed by atoms with Gasteiger partial charge in [-0.15, -0.1) is 5.10 Å². The Morgan fingerprint density at radius 2 is 1.93 bits per heavy atom. The summed E-state index contributed by atoms with van der Waals surface area (Å²) in [5.41, 5.74) is 1.10.